The number of fused-ring (bicyclic) bond motifs is 1. The van der Waals surface area contributed by atoms with Gasteiger partial charge in [-0.15, -0.1) is 11.3 Å². The number of halogens is 2. The molecule has 1 N–H and O–H groups in total. The molecule has 0 radical (unpaired) electrons. The lowest BCUT2D eigenvalue weighted by Crippen LogP contribution is -1.73. The maximum atomic E-state index is 8.87. The SMILES string of the molecule is N#Cc1ccc2nc(-c3cc(Br)c(Br)s3)[nH]c2c1. The Bertz CT molecular complexity index is 763. The lowest BCUT2D eigenvalue weighted by Gasteiger charge is -1.87. The van der Waals surface area contributed by atoms with Crippen molar-refractivity contribution >= 4 is 54.2 Å². The summed E-state index contributed by atoms with van der Waals surface area (Å²) in [5, 5.41) is 8.87. The van der Waals surface area contributed by atoms with Crippen molar-refractivity contribution < 1.29 is 0 Å². The predicted molar refractivity (Wildman–Crippen MR) is 79.5 cm³/mol. The van der Waals surface area contributed by atoms with Crippen LogP contribution in [0.3, 0.4) is 0 Å². The van der Waals surface area contributed by atoms with Gasteiger partial charge < -0.3 is 4.98 Å². The molecule has 0 atom stereocenters. The van der Waals surface area contributed by atoms with Gasteiger partial charge >= 0.3 is 0 Å². The fraction of sp³-hybridized carbons (Fsp3) is 0. The fourth-order valence-electron chi connectivity index (χ4n) is 1.66. The molecule has 0 bridgehead atoms. The summed E-state index contributed by atoms with van der Waals surface area (Å²) in [6.45, 7) is 0. The highest BCUT2D eigenvalue weighted by atomic mass is 79.9. The third-order valence-corrected chi connectivity index (χ3v) is 5.75. The molecule has 6 heteroatoms. The highest BCUT2D eigenvalue weighted by Gasteiger charge is 2.10. The minimum absolute atomic E-state index is 0.631. The van der Waals surface area contributed by atoms with Crippen LogP contribution in [0.1, 0.15) is 5.56 Å². The summed E-state index contributed by atoms with van der Waals surface area (Å²) in [5.74, 6) is 0.816. The molecule has 0 fully saturated rings. The molecule has 0 spiro atoms. The number of nitrogens with one attached hydrogen (secondary N) is 1. The third-order valence-electron chi connectivity index (χ3n) is 2.49. The molecule has 0 saturated heterocycles. The van der Waals surface area contributed by atoms with Gasteiger partial charge in [-0.1, -0.05) is 0 Å². The summed E-state index contributed by atoms with van der Waals surface area (Å²) in [6, 6.07) is 9.57. The smallest absolute Gasteiger partial charge is 0.148 e. The van der Waals surface area contributed by atoms with E-state index >= 15 is 0 Å². The maximum Gasteiger partial charge on any atom is 0.148 e. The minimum atomic E-state index is 0.631. The largest absolute Gasteiger partial charge is 0.337 e. The van der Waals surface area contributed by atoms with Gasteiger partial charge in [0.1, 0.15) is 5.82 Å². The third kappa shape index (κ3) is 1.99. The minimum Gasteiger partial charge on any atom is -0.337 e. The molecule has 0 amide bonds. The molecular formula is C12H5Br2N3S. The highest BCUT2D eigenvalue weighted by molar-refractivity contribution is 9.13. The molecule has 0 saturated carbocycles. The van der Waals surface area contributed by atoms with Crippen molar-refractivity contribution in [3.8, 4) is 16.8 Å². The van der Waals surface area contributed by atoms with Crippen molar-refractivity contribution in [1.82, 2.24) is 9.97 Å². The number of nitriles is 1. The zero-order chi connectivity index (χ0) is 12.7. The van der Waals surface area contributed by atoms with E-state index in [1.54, 1.807) is 17.4 Å². The number of H-pyrrole nitrogens is 1. The molecule has 2 heterocycles. The van der Waals surface area contributed by atoms with E-state index in [9.17, 15) is 0 Å². The summed E-state index contributed by atoms with van der Waals surface area (Å²) in [7, 11) is 0. The van der Waals surface area contributed by atoms with E-state index in [2.05, 4.69) is 47.9 Å². The Morgan fingerprint density at radius 2 is 2.11 bits per heavy atom. The van der Waals surface area contributed by atoms with Crippen molar-refractivity contribution in [2.45, 2.75) is 0 Å². The van der Waals surface area contributed by atoms with Crippen LogP contribution in [-0.4, -0.2) is 9.97 Å². The van der Waals surface area contributed by atoms with E-state index in [1.807, 2.05) is 18.2 Å². The normalized spacial score (nSPS) is 10.7. The van der Waals surface area contributed by atoms with Crippen molar-refractivity contribution in [2.24, 2.45) is 0 Å². The first-order chi connectivity index (χ1) is 8.67. The van der Waals surface area contributed by atoms with Crippen LogP contribution in [0.15, 0.2) is 32.5 Å². The van der Waals surface area contributed by atoms with Crippen molar-refractivity contribution in [1.29, 1.82) is 5.26 Å². The first kappa shape index (κ1) is 11.9. The van der Waals surface area contributed by atoms with E-state index in [0.29, 0.717) is 5.56 Å². The van der Waals surface area contributed by atoms with Crippen molar-refractivity contribution in [3.05, 3.63) is 38.1 Å². The summed E-state index contributed by atoms with van der Waals surface area (Å²) in [4.78, 5) is 8.80. The van der Waals surface area contributed by atoms with Gasteiger partial charge in [0, 0.05) is 4.47 Å². The van der Waals surface area contributed by atoms with Crippen LogP contribution in [-0.2, 0) is 0 Å². The van der Waals surface area contributed by atoms with Gasteiger partial charge in [-0.2, -0.15) is 5.26 Å². The van der Waals surface area contributed by atoms with E-state index < -0.39 is 0 Å². The second-order valence-corrected chi connectivity index (χ2v) is 6.89. The molecule has 18 heavy (non-hydrogen) atoms. The fourth-order valence-corrected chi connectivity index (χ4v) is 3.64. The van der Waals surface area contributed by atoms with Crippen molar-refractivity contribution in [3.63, 3.8) is 0 Å². The summed E-state index contributed by atoms with van der Waals surface area (Å²) in [5.41, 5.74) is 2.38. The first-order valence-corrected chi connectivity index (χ1v) is 7.42. The topological polar surface area (TPSA) is 52.5 Å². The molecule has 3 aromatic rings. The van der Waals surface area contributed by atoms with Gasteiger partial charge in [0.15, 0.2) is 0 Å². The molecule has 3 nitrogen and oxygen atoms in total. The van der Waals surface area contributed by atoms with Gasteiger partial charge in [0.2, 0.25) is 0 Å². The molecule has 3 rings (SSSR count). The van der Waals surface area contributed by atoms with Crippen molar-refractivity contribution in [2.75, 3.05) is 0 Å². The summed E-state index contributed by atoms with van der Waals surface area (Å²) in [6.07, 6.45) is 0. The summed E-state index contributed by atoms with van der Waals surface area (Å²) < 4.78 is 2.05. The predicted octanol–water partition coefficient (Wildman–Crippen LogP) is 4.69. The molecule has 88 valence electrons. The van der Waals surface area contributed by atoms with Gasteiger partial charge in [0.25, 0.3) is 0 Å². The van der Waals surface area contributed by atoms with Gasteiger partial charge in [0.05, 0.1) is 31.3 Å². The first-order valence-electron chi connectivity index (χ1n) is 5.02. The standard InChI is InChI=1S/C12H5Br2N3S/c13-7-4-10(18-11(7)14)12-16-8-2-1-6(5-15)3-9(8)17-12/h1-4H,(H,16,17). The number of nitrogens with zero attached hydrogens (tertiary/aromatic N) is 2. The van der Waals surface area contributed by atoms with Crippen LogP contribution in [0.25, 0.3) is 21.7 Å². The lowest BCUT2D eigenvalue weighted by atomic mass is 10.2. The van der Waals surface area contributed by atoms with Crippen LogP contribution >= 0.6 is 43.2 Å². The lowest BCUT2D eigenvalue weighted by molar-refractivity contribution is 1.36. The number of imidazole rings is 1. The number of aromatic nitrogens is 2. The quantitative estimate of drug-likeness (QED) is 0.663. The van der Waals surface area contributed by atoms with Gasteiger partial charge in [-0.05, 0) is 56.1 Å². The number of hydrogen-bond acceptors (Lipinski definition) is 3. The summed E-state index contributed by atoms with van der Waals surface area (Å²) >= 11 is 8.53. The Hall–Kier alpha value is -1.16. The van der Waals surface area contributed by atoms with Crippen LogP contribution < -0.4 is 0 Å². The number of thiophene rings is 1. The average molecular weight is 383 g/mol. The average Bonchev–Trinajstić information content (AvgIpc) is 2.92. The van der Waals surface area contributed by atoms with E-state index in [4.69, 9.17) is 5.26 Å². The number of benzene rings is 1. The Labute approximate surface area is 124 Å². The molecular weight excluding hydrogens is 378 g/mol. The van der Waals surface area contributed by atoms with E-state index in [1.165, 1.54) is 0 Å². The van der Waals surface area contributed by atoms with E-state index in [0.717, 1.165) is 30.0 Å². The zero-order valence-corrected chi connectivity index (χ0v) is 12.9. The second kappa shape index (κ2) is 4.50. The molecule has 0 aliphatic carbocycles. The Morgan fingerprint density at radius 3 is 2.78 bits per heavy atom. The number of hydrogen-bond donors (Lipinski definition) is 1. The molecule has 2 aromatic heterocycles. The van der Waals surface area contributed by atoms with Crippen LogP contribution in [0, 0.1) is 11.3 Å². The zero-order valence-electron chi connectivity index (χ0n) is 8.87. The Kier molecular flexibility index (Phi) is 2.98. The van der Waals surface area contributed by atoms with Crippen LogP contribution in [0.5, 0.6) is 0 Å². The van der Waals surface area contributed by atoms with Gasteiger partial charge in [-0.25, -0.2) is 4.98 Å². The molecule has 0 unspecified atom stereocenters. The van der Waals surface area contributed by atoms with Crippen LogP contribution in [0.2, 0.25) is 0 Å². The Balaban J connectivity index is 2.16. The maximum absolute atomic E-state index is 8.87. The second-order valence-electron chi connectivity index (χ2n) is 3.66. The molecule has 0 aliphatic rings. The number of aromatic amines is 1. The van der Waals surface area contributed by atoms with Crippen LogP contribution in [0.4, 0.5) is 0 Å². The molecule has 1 aromatic carbocycles. The van der Waals surface area contributed by atoms with E-state index in [-0.39, 0.29) is 0 Å². The Morgan fingerprint density at radius 1 is 1.28 bits per heavy atom. The highest BCUT2D eigenvalue weighted by Crippen LogP contribution is 2.37. The monoisotopic (exact) mass is 381 g/mol. The van der Waals surface area contributed by atoms with Gasteiger partial charge in [-0.3, -0.25) is 0 Å². The molecule has 0 aliphatic heterocycles. The number of rotatable bonds is 1.